The van der Waals surface area contributed by atoms with Crippen LogP contribution < -0.4 is 0 Å². The van der Waals surface area contributed by atoms with E-state index in [1.54, 1.807) is 25.1 Å². The number of aromatic nitrogens is 2. The van der Waals surface area contributed by atoms with Crippen LogP contribution in [0.15, 0.2) is 30.3 Å². The van der Waals surface area contributed by atoms with Crippen molar-refractivity contribution in [2.75, 3.05) is 0 Å². The Morgan fingerprint density at radius 3 is 2.56 bits per heavy atom. The van der Waals surface area contributed by atoms with Gasteiger partial charge in [0.25, 0.3) is 0 Å². The van der Waals surface area contributed by atoms with Crippen LogP contribution in [-0.4, -0.2) is 16.1 Å². The van der Waals surface area contributed by atoms with Gasteiger partial charge in [-0.2, -0.15) is 18.3 Å². The zero-order valence-corrected chi connectivity index (χ0v) is 9.40. The molecule has 0 unspecified atom stereocenters. The Hall–Kier alpha value is -2.11. The van der Waals surface area contributed by atoms with E-state index in [9.17, 15) is 18.0 Å². The summed E-state index contributed by atoms with van der Waals surface area (Å²) in [7, 11) is 0. The quantitative estimate of drug-likeness (QED) is 0.772. The largest absolute Gasteiger partial charge is 0.433 e. The van der Waals surface area contributed by atoms with Crippen molar-refractivity contribution in [3.8, 4) is 5.69 Å². The molecule has 0 radical (unpaired) electrons. The van der Waals surface area contributed by atoms with Crippen LogP contribution in [0.3, 0.4) is 0 Å². The molecule has 94 valence electrons. The average Bonchev–Trinajstić information content (AvgIpc) is 2.72. The van der Waals surface area contributed by atoms with Crippen molar-refractivity contribution in [1.82, 2.24) is 9.78 Å². The van der Waals surface area contributed by atoms with E-state index in [0.717, 1.165) is 16.3 Å². The van der Waals surface area contributed by atoms with Crippen molar-refractivity contribution in [2.45, 2.75) is 13.1 Å². The van der Waals surface area contributed by atoms with Crippen LogP contribution in [0.4, 0.5) is 13.2 Å². The molecular formula is C12H9F3N2O. The molecule has 18 heavy (non-hydrogen) atoms. The third kappa shape index (κ3) is 2.27. The summed E-state index contributed by atoms with van der Waals surface area (Å²) in [5.41, 5.74) is -0.127. The number of carbonyl (C=O) groups is 1. The average molecular weight is 254 g/mol. The highest BCUT2D eigenvalue weighted by atomic mass is 19.4. The molecule has 3 nitrogen and oxygen atoms in total. The molecule has 0 fully saturated rings. The molecule has 0 amide bonds. The van der Waals surface area contributed by atoms with Crippen molar-refractivity contribution < 1.29 is 18.0 Å². The summed E-state index contributed by atoms with van der Waals surface area (Å²) in [4.78, 5) is 10.6. The van der Waals surface area contributed by atoms with Crippen LogP contribution in [0.2, 0.25) is 0 Å². The molecule has 0 saturated carbocycles. The molecule has 0 aliphatic carbocycles. The molecule has 2 aromatic rings. The van der Waals surface area contributed by atoms with Crippen molar-refractivity contribution in [1.29, 1.82) is 0 Å². The molecule has 0 N–H and O–H groups in total. The predicted octanol–water partition coefficient (Wildman–Crippen LogP) is 3.01. The Labute approximate surface area is 101 Å². The first-order valence-electron chi connectivity index (χ1n) is 5.11. The van der Waals surface area contributed by atoms with Gasteiger partial charge < -0.3 is 0 Å². The van der Waals surface area contributed by atoms with E-state index < -0.39 is 11.9 Å². The van der Waals surface area contributed by atoms with E-state index >= 15 is 0 Å². The van der Waals surface area contributed by atoms with Gasteiger partial charge in [-0.05, 0) is 30.7 Å². The molecule has 0 bridgehead atoms. The summed E-state index contributed by atoms with van der Waals surface area (Å²) in [6, 6.07) is 7.20. The van der Waals surface area contributed by atoms with Crippen molar-refractivity contribution >= 4 is 6.29 Å². The van der Waals surface area contributed by atoms with Crippen LogP contribution in [0.5, 0.6) is 0 Å². The zero-order valence-electron chi connectivity index (χ0n) is 9.40. The van der Waals surface area contributed by atoms with Gasteiger partial charge in [0.05, 0.1) is 5.69 Å². The fraction of sp³-hybridized carbons (Fsp3) is 0.167. The summed E-state index contributed by atoms with van der Waals surface area (Å²) in [6.07, 6.45) is -4.26. The Kier molecular flexibility index (Phi) is 2.94. The van der Waals surface area contributed by atoms with Gasteiger partial charge in [-0.25, -0.2) is 4.68 Å². The van der Waals surface area contributed by atoms with Gasteiger partial charge in [0, 0.05) is 0 Å². The smallest absolute Gasteiger partial charge is 0.296 e. The number of hydrogen-bond donors (Lipinski definition) is 0. The molecule has 0 atom stereocenters. The van der Waals surface area contributed by atoms with Gasteiger partial charge >= 0.3 is 6.18 Å². The highest BCUT2D eigenvalue weighted by Crippen LogP contribution is 2.31. The lowest BCUT2D eigenvalue weighted by atomic mass is 10.2. The van der Waals surface area contributed by atoms with Gasteiger partial charge in [-0.3, -0.25) is 4.79 Å². The minimum Gasteiger partial charge on any atom is -0.296 e. The Bertz CT molecular complexity index is 587. The van der Waals surface area contributed by atoms with Crippen LogP contribution in [0, 0.1) is 6.92 Å². The normalized spacial score (nSPS) is 11.6. The minimum absolute atomic E-state index is 0.246. The molecule has 2 rings (SSSR count). The lowest BCUT2D eigenvalue weighted by Gasteiger charge is -2.10. The van der Waals surface area contributed by atoms with Crippen molar-refractivity contribution in [3.05, 3.63) is 47.3 Å². The molecule has 0 saturated heterocycles. The number of aryl methyl sites for hydroxylation is 1. The first kappa shape index (κ1) is 12.3. The number of aldehydes is 1. The lowest BCUT2D eigenvalue weighted by molar-refractivity contribution is -0.142. The van der Waals surface area contributed by atoms with Crippen LogP contribution in [-0.2, 0) is 6.18 Å². The fourth-order valence-electron chi connectivity index (χ4n) is 1.62. The maximum Gasteiger partial charge on any atom is 0.433 e. The molecule has 1 aromatic heterocycles. The number of rotatable bonds is 2. The van der Waals surface area contributed by atoms with E-state index in [1.807, 2.05) is 0 Å². The number of carbonyl (C=O) groups excluding carboxylic acids is 1. The summed E-state index contributed by atoms with van der Waals surface area (Å²) in [5, 5.41) is 3.64. The second-order valence-electron chi connectivity index (χ2n) is 3.82. The van der Waals surface area contributed by atoms with Crippen LogP contribution in [0.25, 0.3) is 5.69 Å². The Morgan fingerprint density at radius 1 is 1.28 bits per heavy atom. The van der Waals surface area contributed by atoms with E-state index in [4.69, 9.17) is 0 Å². The Morgan fingerprint density at radius 2 is 2.00 bits per heavy atom. The van der Waals surface area contributed by atoms with Gasteiger partial charge in [-0.15, -0.1) is 0 Å². The number of halogens is 3. The van der Waals surface area contributed by atoms with E-state index in [0.29, 0.717) is 6.29 Å². The molecule has 0 aliphatic rings. The standard InChI is InChI=1S/C12H9F3N2O/c1-8-3-2-4-10(5-8)17-11(12(13,14)15)6-9(7-18)16-17/h2-7H,1H3. The SMILES string of the molecule is Cc1cccc(-n2nc(C=O)cc2C(F)(F)F)c1. The number of alkyl halides is 3. The van der Waals surface area contributed by atoms with Gasteiger partial charge in [0.15, 0.2) is 6.29 Å². The summed E-state index contributed by atoms with van der Waals surface area (Å²) >= 11 is 0. The first-order valence-corrected chi connectivity index (χ1v) is 5.11. The zero-order chi connectivity index (χ0) is 13.3. The van der Waals surface area contributed by atoms with Crippen molar-refractivity contribution in [3.63, 3.8) is 0 Å². The highest BCUT2D eigenvalue weighted by molar-refractivity contribution is 5.72. The fourth-order valence-corrected chi connectivity index (χ4v) is 1.62. The highest BCUT2D eigenvalue weighted by Gasteiger charge is 2.36. The van der Waals surface area contributed by atoms with E-state index in [-0.39, 0.29) is 11.4 Å². The molecule has 6 heteroatoms. The summed E-state index contributed by atoms with van der Waals surface area (Å²) < 4.78 is 39.2. The summed E-state index contributed by atoms with van der Waals surface area (Å²) in [6.45, 7) is 1.76. The molecule has 0 aliphatic heterocycles. The first-order chi connectivity index (χ1) is 8.41. The molecule has 1 aromatic carbocycles. The third-order valence-corrected chi connectivity index (χ3v) is 2.39. The van der Waals surface area contributed by atoms with Gasteiger partial charge in [0.1, 0.15) is 11.4 Å². The maximum absolute atomic E-state index is 12.8. The molecule has 1 heterocycles. The Balaban J connectivity index is 2.63. The van der Waals surface area contributed by atoms with E-state index in [1.165, 1.54) is 6.07 Å². The lowest BCUT2D eigenvalue weighted by Crippen LogP contribution is -2.13. The van der Waals surface area contributed by atoms with Crippen LogP contribution in [0.1, 0.15) is 21.7 Å². The van der Waals surface area contributed by atoms with Gasteiger partial charge in [-0.1, -0.05) is 12.1 Å². The molecular weight excluding hydrogens is 245 g/mol. The van der Waals surface area contributed by atoms with E-state index in [2.05, 4.69) is 5.10 Å². The number of nitrogens with zero attached hydrogens (tertiary/aromatic N) is 2. The molecule has 0 spiro atoms. The number of benzene rings is 1. The second-order valence-corrected chi connectivity index (χ2v) is 3.82. The third-order valence-electron chi connectivity index (χ3n) is 2.39. The summed E-state index contributed by atoms with van der Waals surface area (Å²) in [5.74, 6) is 0. The van der Waals surface area contributed by atoms with Gasteiger partial charge in [0.2, 0.25) is 0 Å². The maximum atomic E-state index is 12.8. The predicted molar refractivity (Wildman–Crippen MR) is 58.7 cm³/mol. The monoisotopic (exact) mass is 254 g/mol. The second kappa shape index (κ2) is 4.29. The van der Waals surface area contributed by atoms with Crippen molar-refractivity contribution in [2.24, 2.45) is 0 Å². The minimum atomic E-state index is -4.56. The number of hydrogen-bond acceptors (Lipinski definition) is 2. The topological polar surface area (TPSA) is 34.9 Å². The van der Waals surface area contributed by atoms with Crippen LogP contribution >= 0.6 is 0 Å².